The average Bonchev–Trinajstić information content (AvgIpc) is 2.33. The van der Waals surface area contributed by atoms with E-state index in [0.717, 1.165) is 12.8 Å². The lowest BCUT2D eigenvalue weighted by atomic mass is 9.93. The minimum absolute atomic E-state index is 0.336. The molecule has 1 aliphatic carbocycles. The molecule has 2 fully saturated rings. The van der Waals surface area contributed by atoms with Gasteiger partial charge in [0.2, 0.25) is 0 Å². The second-order valence-electron chi connectivity index (χ2n) is 4.59. The molecule has 2 rings (SSSR count). The van der Waals surface area contributed by atoms with Crippen molar-refractivity contribution < 1.29 is 18.3 Å². The van der Waals surface area contributed by atoms with Gasteiger partial charge >= 0.3 is 0 Å². The summed E-state index contributed by atoms with van der Waals surface area (Å²) in [6.45, 7) is 1.65. The van der Waals surface area contributed by atoms with E-state index < -0.39 is 16.3 Å². The van der Waals surface area contributed by atoms with Crippen LogP contribution in [0.15, 0.2) is 0 Å². The van der Waals surface area contributed by atoms with Gasteiger partial charge in [-0.2, -0.15) is 17.4 Å². The molecule has 1 aliphatic heterocycles. The summed E-state index contributed by atoms with van der Waals surface area (Å²) < 4.78 is 33.2. The van der Waals surface area contributed by atoms with E-state index in [1.165, 1.54) is 4.31 Å². The number of hydrogen-bond acceptors (Lipinski definition) is 4. The highest BCUT2D eigenvalue weighted by Gasteiger charge is 2.31. The predicted molar refractivity (Wildman–Crippen MR) is 62.7 cm³/mol. The molecule has 0 unspecified atom stereocenters. The first-order chi connectivity index (χ1) is 8.09. The van der Waals surface area contributed by atoms with E-state index in [0.29, 0.717) is 39.1 Å². The molecule has 2 N–H and O–H groups in total. The molecule has 0 aromatic rings. The molecular weight excluding hydrogens is 244 g/mol. The number of aliphatic hydroxyl groups excluding tert-OH is 1. The van der Waals surface area contributed by atoms with Crippen LogP contribution >= 0.6 is 0 Å². The van der Waals surface area contributed by atoms with Gasteiger partial charge in [-0.15, -0.1) is 0 Å². The molecule has 2 atom stereocenters. The molecule has 0 aromatic heterocycles. The Hall–Kier alpha value is -0.210. The Morgan fingerprint density at radius 1 is 1.18 bits per heavy atom. The van der Waals surface area contributed by atoms with Crippen molar-refractivity contribution in [1.29, 1.82) is 0 Å². The van der Waals surface area contributed by atoms with Gasteiger partial charge in [-0.3, -0.25) is 0 Å². The van der Waals surface area contributed by atoms with E-state index in [1.807, 2.05) is 0 Å². The van der Waals surface area contributed by atoms with Gasteiger partial charge in [-0.25, -0.2) is 0 Å². The first-order valence-corrected chi connectivity index (χ1v) is 7.57. The van der Waals surface area contributed by atoms with Crippen molar-refractivity contribution in [2.75, 3.05) is 26.3 Å². The SMILES string of the molecule is O=S(=O)(N[C@@H]1CCCC[C@H]1O)N1CCOCC1. The maximum absolute atomic E-state index is 12.0. The Morgan fingerprint density at radius 3 is 2.47 bits per heavy atom. The number of morpholine rings is 1. The third-order valence-electron chi connectivity index (χ3n) is 3.34. The maximum Gasteiger partial charge on any atom is 0.279 e. The standard InChI is InChI=1S/C10H20N2O4S/c13-10-4-2-1-3-9(10)11-17(14,15)12-5-7-16-8-6-12/h9-11,13H,1-8H2/t9-,10-/m1/s1. The Balaban J connectivity index is 1.95. The van der Waals surface area contributed by atoms with E-state index in [-0.39, 0.29) is 6.04 Å². The molecule has 0 amide bonds. The highest BCUT2D eigenvalue weighted by atomic mass is 32.2. The van der Waals surface area contributed by atoms with Gasteiger partial charge in [-0.1, -0.05) is 12.8 Å². The minimum Gasteiger partial charge on any atom is -0.391 e. The molecule has 1 saturated carbocycles. The van der Waals surface area contributed by atoms with Crippen molar-refractivity contribution in [2.45, 2.75) is 37.8 Å². The normalized spacial score (nSPS) is 32.5. The molecule has 17 heavy (non-hydrogen) atoms. The van der Waals surface area contributed by atoms with Crippen LogP contribution in [0.1, 0.15) is 25.7 Å². The Kier molecular flexibility index (Phi) is 4.37. The minimum atomic E-state index is -3.47. The maximum atomic E-state index is 12.0. The van der Waals surface area contributed by atoms with Crippen molar-refractivity contribution in [2.24, 2.45) is 0 Å². The van der Waals surface area contributed by atoms with Crippen LogP contribution in [0.2, 0.25) is 0 Å². The summed E-state index contributed by atoms with van der Waals surface area (Å²) in [5, 5.41) is 9.76. The molecule has 0 aromatic carbocycles. The summed E-state index contributed by atoms with van der Waals surface area (Å²) in [4.78, 5) is 0. The van der Waals surface area contributed by atoms with Crippen LogP contribution in [0.3, 0.4) is 0 Å². The van der Waals surface area contributed by atoms with Crippen molar-refractivity contribution in [3.8, 4) is 0 Å². The molecule has 0 bridgehead atoms. The third kappa shape index (κ3) is 3.38. The summed E-state index contributed by atoms with van der Waals surface area (Å²) in [6.07, 6.45) is 2.77. The van der Waals surface area contributed by atoms with Crippen molar-refractivity contribution in [3.05, 3.63) is 0 Å². The summed E-state index contributed by atoms with van der Waals surface area (Å²) in [7, 11) is -3.47. The molecule has 6 nitrogen and oxygen atoms in total. The number of ether oxygens (including phenoxy) is 1. The largest absolute Gasteiger partial charge is 0.391 e. The smallest absolute Gasteiger partial charge is 0.279 e. The summed E-state index contributed by atoms with van der Waals surface area (Å²) in [5.74, 6) is 0. The quantitative estimate of drug-likeness (QED) is 0.717. The van der Waals surface area contributed by atoms with Gasteiger partial charge < -0.3 is 9.84 Å². The first kappa shape index (κ1) is 13.2. The van der Waals surface area contributed by atoms with E-state index in [1.54, 1.807) is 0 Å². The number of hydrogen-bond donors (Lipinski definition) is 2. The van der Waals surface area contributed by atoms with E-state index in [2.05, 4.69) is 4.72 Å². The second-order valence-corrected chi connectivity index (χ2v) is 6.29. The van der Waals surface area contributed by atoms with E-state index in [9.17, 15) is 13.5 Å². The highest BCUT2D eigenvalue weighted by Crippen LogP contribution is 2.19. The van der Waals surface area contributed by atoms with Gasteiger partial charge in [0, 0.05) is 19.1 Å². The molecular formula is C10H20N2O4S. The highest BCUT2D eigenvalue weighted by molar-refractivity contribution is 7.87. The molecule has 100 valence electrons. The lowest BCUT2D eigenvalue weighted by Gasteiger charge is -2.32. The Morgan fingerprint density at radius 2 is 1.82 bits per heavy atom. The van der Waals surface area contributed by atoms with Gasteiger partial charge in [0.1, 0.15) is 0 Å². The fourth-order valence-corrected chi connectivity index (χ4v) is 3.74. The van der Waals surface area contributed by atoms with E-state index in [4.69, 9.17) is 4.74 Å². The molecule has 0 spiro atoms. The fraction of sp³-hybridized carbons (Fsp3) is 1.00. The second kappa shape index (κ2) is 5.62. The lowest BCUT2D eigenvalue weighted by molar-refractivity contribution is 0.0699. The van der Waals surface area contributed by atoms with Crippen LogP contribution in [-0.4, -0.2) is 56.3 Å². The number of aliphatic hydroxyl groups is 1. The summed E-state index contributed by atoms with van der Waals surface area (Å²) in [6, 6.07) is -0.336. The van der Waals surface area contributed by atoms with Gasteiger partial charge in [-0.05, 0) is 12.8 Å². The number of rotatable bonds is 3. The zero-order chi connectivity index (χ0) is 12.3. The fourth-order valence-electron chi connectivity index (χ4n) is 2.30. The topological polar surface area (TPSA) is 78.9 Å². The van der Waals surface area contributed by atoms with Crippen molar-refractivity contribution >= 4 is 10.2 Å². The number of nitrogens with one attached hydrogen (secondary N) is 1. The van der Waals surface area contributed by atoms with Gasteiger partial charge in [0.15, 0.2) is 0 Å². The zero-order valence-electron chi connectivity index (χ0n) is 9.84. The van der Waals surface area contributed by atoms with Gasteiger partial charge in [0.05, 0.1) is 19.3 Å². The molecule has 7 heteroatoms. The third-order valence-corrected chi connectivity index (χ3v) is 4.99. The lowest BCUT2D eigenvalue weighted by Crippen LogP contribution is -2.53. The van der Waals surface area contributed by atoms with Crippen LogP contribution in [0, 0.1) is 0 Å². The number of nitrogens with zero attached hydrogens (tertiary/aromatic N) is 1. The van der Waals surface area contributed by atoms with Crippen LogP contribution < -0.4 is 4.72 Å². The molecule has 1 heterocycles. The average molecular weight is 264 g/mol. The molecule has 1 saturated heterocycles. The van der Waals surface area contributed by atoms with E-state index >= 15 is 0 Å². The van der Waals surface area contributed by atoms with Crippen LogP contribution in [-0.2, 0) is 14.9 Å². The first-order valence-electron chi connectivity index (χ1n) is 6.13. The van der Waals surface area contributed by atoms with Crippen molar-refractivity contribution in [1.82, 2.24) is 9.03 Å². The Labute approximate surface area is 102 Å². The summed E-state index contributed by atoms with van der Waals surface area (Å²) in [5.41, 5.74) is 0. The van der Waals surface area contributed by atoms with Crippen LogP contribution in [0.25, 0.3) is 0 Å². The monoisotopic (exact) mass is 264 g/mol. The van der Waals surface area contributed by atoms with Crippen molar-refractivity contribution in [3.63, 3.8) is 0 Å². The zero-order valence-corrected chi connectivity index (χ0v) is 10.7. The van der Waals surface area contributed by atoms with Crippen LogP contribution in [0.5, 0.6) is 0 Å². The molecule has 0 radical (unpaired) electrons. The Bertz CT molecular complexity index is 340. The summed E-state index contributed by atoms with van der Waals surface area (Å²) >= 11 is 0. The van der Waals surface area contributed by atoms with Crippen LogP contribution in [0.4, 0.5) is 0 Å². The molecule has 2 aliphatic rings. The van der Waals surface area contributed by atoms with Gasteiger partial charge in [0.25, 0.3) is 10.2 Å². The predicted octanol–water partition coefficient (Wildman–Crippen LogP) is -0.544.